The smallest absolute Gasteiger partial charge is 0.261 e. The van der Waals surface area contributed by atoms with Gasteiger partial charge < -0.3 is 0 Å². The van der Waals surface area contributed by atoms with Crippen LogP contribution in [0.4, 0.5) is 0 Å². The normalized spacial score (nSPS) is 16.1. The fourth-order valence-electron chi connectivity index (χ4n) is 2.19. The van der Waals surface area contributed by atoms with Crippen LogP contribution in [-0.2, 0) is 9.32 Å². The minimum Gasteiger partial charge on any atom is -0.269 e. The molecule has 0 unspecified atom stereocenters. The zero-order valence-electron chi connectivity index (χ0n) is 12.1. The van der Waals surface area contributed by atoms with E-state index in [9.17, 15) is 4.79 Å². The third-order valence-electron chi connectivity index (χ3n) is 3.34. The molecule has 1 aliphatic heterocycles. The summed E-state index contributed by atoms with van der Waals surface area (Å²) in [5.41, 5.74) is 2.45. The van der Waals surface area contributed by atoms with E-state index in [0.717, 1.165) is 25.1 Å². The Labute approximate surface area is 130 Å². The van der Waals surface area contributed by atoms with Gasteiger partial charge in [-0.15, -0.1) is 9.32 Å². The highest BCUT2D eigenvalue weighted by atomic mass is 32.2. The number of hydrogen-bond donors (Lipinski definition) is 2. The van der Waals surface area contributed by atoms with Crippen LogP contribution in [0.15, 0.2) is 22.2 Å². The highest BCUT2D eigenvalue weighted by Gasteiger charge is 2.15. The number of aromatic nitrogens is 4. The van der Waals surface area contributed by atoms with Crippen LogP contribution >= 0.6 is 12.0 Å². The van der Waals surface area contributed by atoms with Crippen LogP contribution in [0.1, 0.15) is 12.8 Å². The highest BCUT2D eigenvalue weighted by Crippen LogP contribution is 2.14. The molecule has 120 valence electrons. The van der Waals surface area contributed by atoms with Crippen molar-refractivity contribution < 1.29 is 9.32 Å². The number of fused-ring (bicyclic) bond motifs is 1. The maximum atomic E-state index is 11.7. The van der Waals surface area contributed by atoms with Gasteiger partial charge in [0.2, 0.25) is 5.78 Å². The monoisotopic (exact) mass is 327 g/mol. The number of hydrazine groups is 1. The van der Waals surface area contributed by atoms with Crippen LogP contribution in [0.5, 0.6) is 0 Å². The Balaban J connectivity index is 1.41. The van der Waals surface area contributed by atoms with E-state index >= 15 is 0 Å². The quantitative estimate of drug-likeness (QED) is 0.178. The number of H-pyrrole nitrogens is 1. The summed E-state index contributed by atoms with van der Waals surface area (Å²) < 4.78 is 6.23. The van der Waals surface area contributed by atoms with Crippen molar-refractivity contribution in [2.24, 2.45) is 0 Å². The molecule has 2 aromatic heterocycles. The maximum Gasteiger partial charge on any atom is 0.261 e. The third-order valence-corrected chi connectivity index (χ3v) is 3.85. The van der Waals surface area contributed by atoms with Crippen molar-refractivity contribution in [1.82, 2.24) is 35.1 Å². The van der Waals surface area contributed by atoms with Gasteiger partial charge in [-0.1, -0.05) is 0 Å². The minimum atomic E-state index is -0.244. The second kappa shape index (κ2) is 7.17. The van der Waals surface area contributed by atoms with Gasteiger partial charge in [0.25, 0.3) is 5.56 Å². The van der Waals surface area contributed by atoms with Crippen molar-refractivity contribution in [3.05, 3.63) is 22.7 Å². The van der Waals surface area contributed by atoms with Crippen LogP contribution in [0, 0.1) is 0 Å². The van der Waals surface area contributed by atoms with Crippen LogP contribution in [-0.4, -0.2) is 56.4 Å². The topological polar surface area (TPSA) is 100 Å². The summed E-state index contributed by atoms with van der Waals surface area (Å²) in [7, 11) is 1.98. The number of hydrogen-bond acceptors (Lipinski definition) is 9. The van der Waals surface area contributed by atoms with E-state index in [-0.39, 0.29) is 5.56 Å². The molecule has 0 atom stereocenters. The molecule has 1 fully saturated rings. The molecule has 0 bridgehead atoms. The molecule has 2 N–H and O–H groups in total. The summed E-state index contributed by atoms with van der Waals surface area (Å²) in [6.45, 7) is 2.62. The molecule has 0 aromatic carbocycles. The summed E-state index contributed by atoms with van der Waals surface area (Å²) >= 11 is 0.848. The predicted molar refractivity (Wildman–Crippen MR) is 78.2 cm³/mol. The molecular formula is C11H17N7O3S. The molecular weight excluding hydrogens is 310 g/mol. The van der Waals surface area contributed by atoms with Gasteiger partial charge in [-0.2, -0.15) is 10.6 Å². The number of nitrogens with one attached hydrogen (secondary N) is 2. The van der Waals surface area contributed by atoms with E-state index in [2.05, 4.69) is 25.7 Å². The summed E-state index contributed by atoms with van der Waals surface area (Å²) in [6, 6.07) is 1.34. The number of rotatable bonds is 7. The molecule has 11 heteroatoms. The molecule has 0 saturated carbocycles. The van der Waals surface area contributed by atoms with Gasteiger partial charge in [0.15, 0.2) is 0 Å². The molecule has 1 aliphatic rings. The van der Waals surface area contributed by atoms with Crippen molar-refractivity contribution in [3.8, 4) is 0 Å². The number of hydroxylamine groups is 1. The van der Waals surface area contributed by atoms with Gasteiger partial charge in [0, 0.05) is 26.2 Å². The van der Waals surface area contributed by atoms with E-state index in [0.29, 0.717) is 17.5 Å². The van der Waals surface area contributed by atoms with Crippen molar-refractivity contribution in [3.63, 3.8) is 0 Å². The fourth-order valence-corrected chi connectivity index (χ4v) is 2.61. The van der Waals surface area contributed by atoms with Crippen LogP contribution in [0.2, 0.25) is 0 Å². The van der Waals surface area contributed by atoms with Gasteiger partial charge >= 0.3 is 0 Å². The van der Waals surface area contributed by atoms with Gasteiger partial charge in [0.1, 0.15) is 11.4 Å². The lowest BCUT2D eigenvalue weighted by Gasteiger charge is -2.26. The second-order valence-electron chi connectivity index (χ2n) is 4.84. The molecule has 3 rings (SSSR count). The van der Waals surface area contributed by atoms with Crippen molar-refractivity contribution >= 4 is 17.8 Å². The minimum absolute atomic E-state index is 0.244. The Morgan fingerprint density at radius 1 is 1.50 bits per heavy atom. The highest BCUT2D eigenvalue weighted by molar-refractivity contribution is 7.94. The SMILES string of the molecule is CN(CNOOSc1cc(=O)n2cn[nH]c2n1)N1CCCC1. The standard InChI is InChI=1S/C11H17N7O3S/c1-16(17-4-2-3-5-17)8-13-20-21-22-9-6-10(19)18-7-12-15-11(18)14-9/h6-7,13H,2-5,8H2,1H3,(H,14,15). The van der Waals surface area contributed by atoms with E-state index in [1.807, 2.05) is 12.1 Å². The lowest BCUT2D eigenvalue weighted by molar-refractivity contribution is -0.257. The van der Waals surface area contributed by atoms with E-state index in [4.69, 9.17) is 9.32 Å². The molecule has 0 amide bonds. The Morgan fingerprint density at radius 3 is 3.14 bits per heavy atom. The first-order chi connectivity index (χ1) is 10.7. The van der Waals surface area contributed by atoms with Crippen LogP contribution in [0.3, 0.4) is 0 Å². The molecule has 10 nitrogen and oxygen atoms in total. The van der Waals surface area contributed by atoms with Gasteiger partial charge in [-0.25, -0.2) is 24.5 Å². The van der Waals surface area contributed by atoms with Gasteiger partial charge in [-0.05, 0) is 12.8 Å². The summed E-state index contributed by atoms with van der Waals surface area (Å²) in [5, 5.41) is 11.0. The van der Waals surface area contributed by atoms with Crippen molar-refractivity contribution in [2.45, 2.75) is 17.9 Å². The zero-order chi connectivity index (χ0) is 15.4. The average Bonchev–Trinajstić information content (AvgIpc) is 3.18. The second-order valence-corrected chi connectivity index (χ2v) is 5.56. The first-order valence-corrected chi connectivity index (χ1v) is 7.60. The van der Waals surface area contributed by atoms with E-state index in [1.54, 1.807) is 0 Å². The molecule has 0 spiro atoms. The lowest BCUT2D eigenvalue weighted by atomic mass is 10.4. The maximum absolute atomic E-state index is 11.7. The third kappa shape index (κ3) is 3.63. The molecule has 2 aromatic rings. The molecule has 22 heavy (non-hydrogen) atoms. The van der Waals surface area contributed by atoms with Crippen molar-refractivity contribution in [1.29, 1.82) is 0 Å². The fraction of sp³-hybridized carbons (Fsp3) is 0.545. The average molecular weight is 327 g/mol. The molecule has 0 aliphatic carbocycles. The summed E-state index contributed by atoms with van der Waals surface area (Å²) in [5.74, 6) is 0.348. The largest absolute Gasteiger partial charge is 0.269 e. The molecule has 1 saturated heterocycles. The van der Waals surface area contributed by atoms with Crippen LogP contribution < -0.4 is 11.0 Å². The first kappa shape index (κ1) is 15.4. The number of aromatic amines is 1. The Hall–Kier alpha value is -1.50. The van der Waals surface area contributed by atoms with E-state index < -0.39 is 0 Å². The first-order valence-electron chi connectivity index (χ1n) is 6.86. The zero-order valence-corrected chi connectivity index (χ0v) is 12.9. The Morgan fingerprint density at radius 2 is 2.32 bits per heavy atom. The molecule has 3 heterocycles. The predicted octanol–water partition coefficient (Wildman–Crippen LogP) is -0.222. The summed E-state index contributed by atoms with van der Waals surface area (Å²) in [6.07, 6.45) is 3.80. The molecule has 0 radical (unpaired) electrons. The van der Waals surface area contributed by atoms with Crippen LogP contribution in [0.25, 0.3) is 5.78 Å². The Kier molecular flexibility index (Phi) is 5.02. The summed E-state index contributed by atoms with van der Waals surface area (Å²) in [4.78, 5) is 20.7. The van der Waals surface area contributed by atoms with Crippen molar-refractivity contribution in [2.75, 3.05) is 26.8 Å². The Bertz CT molecular complexity index is 669. The van der Waals surface area contributed by atoms with Gasteiger partial charge in [-0.3, -0.25) is 4.79 Å². The number of nitrogens with zero attached hydrogens (tertiary/aromatic N) is 5. The lowest BCUT2D eigenvalue weighted by Crippen LogP contribution is -2.42. The van der Waals surface area contributed by atoms with E-state index in [1.165, 1.54) is 29.6 Å². The van der Waals surface area contributed by atoms with Gasteiger partial charge in [0.05, 0.1) is 18.7 Å².